The third-order valence-corrected chi connectivity index (χ3v) is 5.71. The van der Waals surface area contributed by atoms with Crippen molar-refractivity contribution in [1.82, 2.24) is 19.5 Å². The quantitative estimate of drug-likeness (QED) is 0.448. The van der Waals surface area contributed by atoms with E-state index in [4.69, 9.17) is 4.42 Å². The Morgan fingerprint density at radius 1 is 1.06 bits per heavy atom. The second-order valence-electron chi connectivity index (χ2n) is 7.82. The molecule has 3 aromatic heterocycles. The van der Waals surface area contributed by atoms with Gasteiger partial charge < -0.3 is 9.32 Å². The van der Waals surface area contributed by atoms with Gasteiger partial charge in [-0.15, -0.1) is 10.2 Å². The lowest BCUT2D eigenvalue weighted by Gasteiger charge is -2.31. The van der Waals surface area contributed by atoms with Gasteiger partial charge in [-0.3, -0.25) is 9.20 Å². The zero-order chi connectivity index (χ0) is 22.3. The Balaban J connectivity index is 1.35. The number of piperidine rings is 1. The second kappa shape index (κ2) is 7.81. The predicted octanol–water partition coefficient (Wildman–Crippen LogP) is 5.03. The van der Waals surface area contributed by atoms with Gasteiger partial charge in [0.1, 0.15) is 11.6 Å². The van der Waals surface area contributed by atoms with E-state index in [1.165, 1.54) is 24.3 Å². The number of furan rings is 1. The molecule has 4 heterocycles. The van der Waals surface area contributed by atoms with E-state index in [0.717, 1.165) is 36.4 Å². The molecule has 1 atom stereocenters. The minimum atomic E-state index is -4.45. The van der Waals surface area contributed by atoms with Crippen molar-refractivity contribution in [2.24, 2.45) is 0 Å². The van der Waals surface area contributed by atoms with Gasteiger partial charge in [-0.2, -0.15) is 13.2 Å². The topological polar surface area (TPSA) is 63.6 Å². The third kappa shape index (κ3) is 3.74. The Labute approximate surface area is 181 Å². The van der Waals surface area contributed by atoms with Crippen LogP contribution in [0.25, 0.3) is 17.0 Å². The largest absolute Gasteiger partial charge is 0.451 e. The zero-order valence-corrected chi connectivity index (χ0v) is 16.9. The van der Waals surface area contributed by atoms with Crippen molar-refractivity contribution in [3.05, 3.63) is 77.9 Å². The first kappa shape index (κ1) is 20.3. The minimum absolute atomic E-state index is 0.0306. The molecule has 1 amide bonds. The Morgan fingerprint density at radius 2 is 1.94 bits per heavy atom. The molecule has 1 aliphatic heterocycles. The van der Waals surface area contributed by atoms with E-state index in [1.54, 1.807) is 4.90 Å². The van der Waals surface area contributed by atoms with Crippen LogP contribution in [0.15, 0.2) is 65.2 Å². The molecule has 5 rings (SSSR count). The van der Waals surface area contributed by atoms with Gasteiger partial charge in [0, 0.05) is 30.8 Å². The summed E-state index contributed by atoms with van der Waals surface area (Å²) in [5, 5.41) is 8.51. The number of likely N-dealkylation sites (tertiary alicyclic amines) is 1. The average Bonchev–Trinajstić information content (AvgIpc) is 3.46. The number of fused-ring (bicyclic) bond motifs is 1. The smallest absolute Gasteiger partial charge is 0.416 e. The molecule has 1 unspecified atom stereocenters. The van der Waals surface area contributed by atoms with Crippen LogP contribution in [0.2, 0.25) is 0 Å². The highest BCUT2D eigenvalue weighted by Gasteiger charge is 2.32. The fourth-order valence-electron chi connectivity index (χ4n) is 4.12. The molecule has 1 aliphatic rings. The fourth-order valence-corrected chi connectivity index (χ4v) is 4.12. The lowest BCUT2D eigenvalue weighted by atomic mass is 9.97. The van der Waals surface area contributed by atoms with Gasteiger partial charge in [-0.1, -0.05) is 18.2 Å². The van der Waals surface area contributed by atoms with Crippen LogP contribution in [0.3, 0.4) is 0 Å². The number of carbonyl (C=O) groups excluding carboxylic acids is 1. The van der Waals surface area contributed by atoms with Crippen molar-refractivity contribution < 1.29 is 22.4 Å². The average molecular weight is 440 g/mol. The van der Waals surface area contributed by atoms with E-state index < -0.39 is 11.7 Å². The number of rotatable bonds is 3. The van der Waals surface area contributed by atoms with E-state index in [2.05, 4.69) is 10.2 Å². The molecule has 6 nitrogen and oxygen atoms in total. The standard InChI is InChI=1S/C23H19F3N4O2/c24-23(25,26)17-7-3-5-15(13-17)18-9-10-19(32-18)22(31)29-11-4-6-16(14-29)21-28-27-20-8-1-2-12-30(20)21/h1-3,5,7-10,12-13,16H,4,6,11,14H2. The predicted molar refractivity (Wildman–Crippen MR) is 110 cm³/mol. The molecule has 1 fully saturated rings. The van der Waals surface area contributed by atoms with Crippen LogP contribution in [-0.2, 0) is 6.18 Å². The summed E-state index contributed by atoms with van der Waals surface area (Å²) in [6.07, 6.45) is -0.859. The van der Waals surface area contributed by atoms with Crippen LogP contribution in [0, 0.1) is 0 Å². The first-order valence-corrected chi connectivity index (χ1v) is 10.3. The summed E-state index contributed by atoms with van der Waals surface area (Å²) in [4.78, 5) is 14.8. The van der Waals surface area contributed by atoms with Gasteiger partial charge in [-0.05, 0) is 49.2 Å². The van der Waals surface area contributed by atoms with Crippen LogP contribution >= 0.6 is 0 Å². The molecule has 4 aromatic rings. The monoisotopic (exact) mass is 440 g/mol. The molecular formula is C23H19F3N4O2. The minimum Gasteiger partial charge on any atom is -0.451 e. The van der Waals surface area contributed by atoms with Crippen LogP contribution < -0.4 is 0 Å². The van der Waals surface area contributed by atoms with Crippen LogP contribution in [0.4, 0.5) is 13.2 Å². The fraction of sp³-hybridized carbons (Fsp3) is 0.261. The summed E-state index contributed by atoms with van der Waals surface area (Å²) in [5.41, 5.74) is 0.256. The molecule has 164 valence electrons. The van der Waals surface area contributed by atoms with E-state index in [9.17, 15) is 18.0 Å². The molecule has 1 aromatic carbocycles. The molecular weight excluding hydrogens is 421 g/mol. The van der Waals surface area contributed by atoms with E-state index in [1.807, 2.05) is 28.8 Å². The van der Waals surface area contributed by atoms with E-state index in [0.29, 0.717) is 13.1 Å². The molecule has 1 saturated heterocycles. The lowest BCUT2D eigenvalue weighted by Crippen LogP contribution is -2.39. The number of halogens is 3. The lowest BCUT2D eigenvalue weighted by molar-refractivity contribution is -0.137. The number of amides is 1. The van der Waals surface area contributed by atoms with Gasteiger partial charge in [0.2, 0.25) is 0 Å². The normalized spacial score (nSPS) is 17.1. The van der Waals surface area contributed by atoms with Gasteiger partial charge in [0.15, 0.2) is 11.4 Å². The zero-order valence-electron chi connectivity index (χ0n) is 16.9. The van der Waals surface area contributed by atoms with Crippen LogP contribution in [-0.4, -0.2) is 38.5 Å². The van der Waals surface area contributed by atoms with Gasteiger partial charge >= 0.3 is 6.18 Å². The molecule has 0 aliphatic carbocycles. The first-order chi connectivity index (χ1) is 15.4. The second-order valence-corrected chi connectivity index (χ2v) is 7.82. The van der Waals surface area contributed by atoms with Crippen LogP contribution in [0.5, 0.6) is 0 Å². The molecule has 9 heteroatoms. The van der Waals surface area contributed by atoms with Gasteiger partial charge in [0.25, 0.3) is 5.91 Å². The molecule has 0 saturated carbocycles. The highest BCUT2D eigenvalue weighted by Crippen LogP contribution is 2.33. The van der Waals surface area contributed by atoms with Crippen molar-refractivity contribution in [1.29, 1.82) is 0 Å². The van der Waals surface area contributed by atoms with Crippen molar-refractivity contribution in [2.75, 3.05) is 13.1 Å². The molecule has 0 bridgehead atoms. The number of hydrogen-bond donors (Lipinski definition) is 0. The van der Waals surface area contributed by atoms with Gasteiger partial charge in [-0.25, -0.2) is 0 Å². The van der Waals surface area contributed by atoms with E-state index >= 15 is 0 Å². The van der Waals surface area contributed by atoms with E-state index in [-0.39, 0.29) is 28.9 Å². The Morgan fingerprint density at radius 3 is 2.78 bits per heavy atom. The highest BCUT2D eigenvalue weighted by atomic mass is 19.4. The first-order valence-electron chi connectivity index (χ1n) is 10.3. The summed E-state index contributed by atoms with van der Waals surface area (Å²) < 4.78 is 46.6. The number of pyridine rings is 1. The SMILES string of the molecule is O=C(c1ccc(-c2cccc(C(F)(F)F)c2)o1)N1CCCC(c2nnc3ccccn23)C1. The van der Waals surface area contributed by atoms with Crippen molar-refractivity contribution in [2.45, 2.75) is 24.9 Å². The number of hydrogen-bond acceptors (Lipinski definition) is 4. The highest BCUT2D eigenvalue weighted by molar-refractivity contribution is 5.92. The Bertz CT molecular complexity index is 1280. The summed E-state index contributed by atoms with van der Waals surface area (Å²) in [6.45, 7) is 1.04. The number of carbonyl (C=O) groups is 1. The van der Waals surface area contributed by atoms with Gasteiger partial charge in [0.05, 0.1) is 5.56 Å². The number of aromatic nitrogens is 3. The maximum atomic E-state index is 13.1. The summed E-state index contributed by atoms with van der Waals surface area (Å²) in [7, 11) is 0. The number of benzene rings is 1. The Kier molecular flexibility index (Phi) is 4.96. The summed E-state index contributed by atoms with van der Waals surface area (Å²) in [5.74, 6) is 0.868. The maximum absolute atomic E-state index is 13.1. The molecule has 0 N–H and O–H groups in total. The van der Waals surface area contributed by atoms with Crippen molar-refractivity contribution >= 4 is 11.6 Å². The molecule has 0 spiro atoms. The third-order valence-electron chi connectivity index (χ3n) is 5.71. The molecule has 32 heavy (non-hydrogen) atoms. The Hall–Kier alpha value is -3.62. The number of nitrogens with zero attached hydrogens (tertiary/aromatic N) is 4. The maximum Gasteiger partial charge on any atom is 0.416 e. The van der Waals surface area contributed by atoms with Crippen molar-refractivity contribution in [3.8, 4) is 11.3 Å². The summed E-state index contributed by atoms with van der Waals surface area (Å²) in [6, 6.07) is 13.6. The molecule has 0 radical (unpaired) electrons. The number of alkyl halides is 3. The van der Waals surface area contributed by atoms with Crippen LogP contribution in [0.1, 0.15) is 40.7 Å². The summed E-state index contributed by atoms with van der Waals surface area (Å²) >= 11 is 0. The van der Waals surface area contributed by atoms with Crippen molar-refractivity contribution in [3.63, 3.8) is 0 Å².